The van der Waals surface area contributed by atoms with E-state index in [0.29, 0.717) is 16.1 Å². The molecule has 22 heavy (non-hydrogen) atoms. The van der Waals surface area contributed by atoms with Crippen molar-refractivity contribution in [3.8, 4) is 0 Å². The van der Waals surface area contributed by atoms with Crippen LogP contribution in [0.1, 0.15) is 17.2 Å². The van der Waals surface area contributed by atoms with Gasteiger partial charge in [0.15, 0.2) is 0 Å². The van der Waals surface area contributed by atoms with Gasteiger partial charge in [0.2, 0.25) is 0 Å². The fraction of sp³-hybridized carbons (Fsp3) is 0.188. The summed E-state index contributed by atoms with van der Waals surface area (Å²) in [6.07, 6.45) is -0.792. The van der Waals surface area contributed by atoms with Crippen LogP contribution in [0.5, 0.6) is 0 Å². The van der Waals surface area contributed by atoms with E-state index in [4.69, 9.17) is 11.6 Å². The molecule has 0 radical (unpaired) electrons. The second-order valence-corrected chi connectivity index (χ2v) is 5.16. The van der Waals surface area contributed by atoms with Gasteiger partial charge in [0.25, 0.3) is 0 Å². The Labute approximate surface area is 132 Å². The molecule has 0 heterocycles. The maximum Gasteiger partial charge on any atom is 0.315 e. The normalized spacial score (nSPS) is 11.8. The van der Waals surface area contributed by atoms with E-state index in [1.165, 1.54) is 12.1 Å². The molecule has 116 valence electrons. The van der Waals surface area contributed by atoms with Crippen molar-refractivity contribution in [3.63, 3.8) is 0 Å². The van der Waals surface area contributed by atoms with E-state index in [9.17, 15) is 14.3 Å². The van der Waals surface area contributed by atoms with Crippen LogP contribution in [0.2, 0.25) is 5.02 Å². The Morgan fingerprint density at radius 1 is 1.18 bits per heavy atom. The van der Waals surface area contributed by atoms with Crippen LogP contribution in [0.4, 0.5) is 9.18 Å². The van der Waals surface area contributed by atoms with Crippen molar-refractivity contribution >= 4 is 17.6 Å². The molecular formula is C16H16ClFN2O2. The Morgan fingerprint density at radius 3 is 2.59 bits per heavy atom. The third-order valence-electron chi connectivity index (χ3n) is 3.09. The molecule has 0 saturated heterocycles. The van der Waals surface area contributed by atoms with Crippen molar-refractivity contribution in [2.45, 2.75) is 12.6 Å². The van der Waals surface area contributed by atoms with Crippen molar-refractivity contribution in [2.24, 2.45) is 0 Å². The van der Waals surface area contributed by atoms with E-state index in [1.54, 1.807) is 18.2 Å². The second-order valence-electron chi connectivity index (χ2n) is 4.73. The molecule has 3 N–H and O–H groups in total. The summed E-state index contributed by atoms with van der Waals surface area (Å²) in [5.74, 6) is -0.475. The Bertz CT molecular complexity index is 637. The van der Waals surface area contributed by atoms with Crippen molar-refractivity contribution in [3.05, 3.63) is 70.5 Å². The molecule has 0 spiro atoms. The largest absolute Gasteiger partial charge is 0.387 e. The van der Waals surface area contributed by atoms with Gasteiger partial charge < -0.3 is 15.7 Å². The van der Waals surface area contributed by atoms with E-state index in [-0.39, 0.29) is 13.1 Å². The summed E-state index contributed by atoms with van der Waals surface area (Å²) in [6.45, 7) is 0.106. The van der Waals surface area contributed by atoms with Crippen LogP contribution in [0.25, 0.3) is 0 Å². The monoisotopic (exact) mass is 322 g/mol. The SMILES string of the molecule is O=C(NCc1ccc(Cl)cc1F)NCC(O)c1ccccc1. The summed E-state index contributed by atoms with van der Waals surface area (Å²) in [6, 6.07) is 12.8. The van der Waals surface area contributed by atoms with Crippen LogP contribution in [-0.4, -0.2) is 17.7 Å². The van der Waals surface area contributed by atoms with E-state index < -0.39 is 18.0 Å². The lowest BCUT2D eigenvalue weighted by Gasteiger charge is -2.13. The topological polar surface area (TPSA) is 61.4 Å². The number of urea groups is 1. The molecule has 2 rings (SSSR count). The van der Waals surface area contributed by atoms with Gasteiger partial charge in [0.05, 0.1) is 6.10 Å². The maximum absolute atomic E-state index is 13.5. The quantitative estimate of drug-likeness (QED) is 0.792. The van der Waals surface area contributed by atoms with Gasteiger partial charge in [-0.05, 0) is 17.7 Å². The van der Waals surface area contributed by atoms with Crippen molar-refractivity contribution in [1.29, 1.82) is 0 Å². The van der Waals surface area contributed by atoms with Gasteiger partial charge >= 0.3 is 6.03 Å². The third-order valence-corrected chi connectivity index (χ3v) is 3.33. The number of carbonyl (C=O) groups excluding carboxylic acids is 1. The van der Waals surface area contributed by atoms with Crippen molar-refractivity contribution in [1.82, 2.24) is 10.6 Å². The lowest BCUT2D eigenvalue weighted by molar-refractivity contribution is 0.173. The first-order valence-electron chi connectivity index (χ1n) is 6.75. The molecule has 0 saturated carbocycles. The zero-order chi connectivity index (χ0) is 15.9. The van der Waals surface area contributed by atoms with E-state index in [2.05, 4.69) is 10.6 Å². The van der Waals surface area contributed by atoms with E-state index in [0.717, 1.165) is 0 Å². The number of nitrogens with one attached hydrogen (secondary N) is 2. The minimum Gasteiger partial charge on any atom is -0.387 e. The molecule has 0 bridgehead atoms. The summed E-state index contributed by atoms with van der Waals surface area (Å²) < 4.78 is 13.5. The van der Waals surface area contributed by atoms with Crippen LogP contribution in [0.3, 0.4) is 0 Å². The van der Waals surface area contributed by atoms with Crippen LogP contribution in [-0.2, 0) is 6.54 Å². The van der Waals surface area contributed by atoms with Gasteiger partial charge in [-0.25, -0.2) is 9.18 Å². The van der Waals surface area contributed by atoms with Crippen LogP contribution < -0.4 is 10.6 Å². The molecule has 2 aromatic carbocycles. The molecule has 2 aromatic rings. The van der Waals surface area contributed by atoms with Gasteiger partial charge in [-0.3, -0.25) is 0 Å². The van der Waals surface area contributed by atoms with Gasteiger partial charge in [-0.2, -0.15) is 0 Å². The summed E-state index contributed by atoms with van der Waals surface area (Å²) in [5.41, 5.74) is 1.05. The van der Waals surface area contributed by atoms with Crippen LogP contribution in [0, 0.1) is 5.82 Å². The highest BCUT2D eigenvalue weighted by Crippen LogP contribution is 2.14. The number of aliphatic hydroxyl groups is 1. The maximum atomic E-state index is 13.5. The lowest BCUT2D eigenvalue weighted by Crippen LogP contribution is -2.37. The second kappa shape index (κ2) is 7.77. The van der Waals surface area contributed by atoms with Gasteiger partial charge in [0.1, 0.15) is 5.82 Å². The fourth-order valence-corrected chi connectivity index (χ4v) is 2.04. The Balaban J connectivity index is 1.78. The molecule has 1 unspecified atom stereocenters. The van der Waals surface area contributed by atoms with Crippen molar-refractivity contribution in [2.75, 3.05) is 6.54 Å². The number of rotatable bonds is 5. The Hall–Kier alpha value is -2.11. The van der Waals surface area contributed by atoms with Crippen LogP contribution in [0.15, 0.2) is 48.5 Å². The average Bonchev–Trinajstić information content (AvgIpc) is 2.52. The number of hydrogen-bond acceptors (Lipinski definition) is 2. The number of benzene rings is 2. The summed E-state index contributed by atoms with van der Waals surface area (Å²) >= 11 is 5.65. The molecule has 1 atom stereocenters. The first-order chi connectivity index (χ1) is 10.6. The van der Waals surface area contributed by atoms with Gasteiger partial charge in [-0.1, -0.05) is 48.0 Å². The van der Waals surface area contributed by atoms with Crippen molar-refractivity contribution < 1.29 is 14.3 Å². The van der Waals surface area contributed by atoms with Crippen LogP contribution >= 0.6 is 11.6 Å². The number of amides is 2. The number of aliphatic hydroxyl groups excluding tert-OH is 1. The minimum atomic E-state index is -0.792. The highest BCUT2D eigenvalue weighted by atomic mass is 35.5. The van der Waals surface area contributed by atoms with E-state index in [1.807, 2.05) is 18.2 Å². The smallest absolute Gasteiger partial charge is 0.315 e. The molecule has 0 aliphatic rings. The number of carbonyl (C=O) groups is 1. The van der Waals surface area contributed by atoms with Gasteiger partial charge in [0, 0.05) is 23.7 Å². The summed E-state index contributed by atoms with van der Waals surface area (Å²) in [7, 11) is 0. The summed E-state index contributed by atoms with van der Waals surface area (Å²) in [4.78, 5) is 11.6. The van der Waals surface area contributed by atoms with Gasteiger partial charge in [-0.15, -0.1) is 0 Å². The Morgan fingerprint density at radius 2 is 1.91 bits per heavy atom. The highest BCUT2D eigenvalue weighted by Gasteiger charge is 2.09. The standard InChI is InChI=1S/C16H16ClFN2O2/c17-13-7-6-12(14(18)8-13)9-19-16(22)20-10-15(21)11-4-2-1-3-5-11/h1-8,15,21H,9-10H2,(H2,19,20,22). The predicted octanol–water partition coefficient (Wildman–Crippen LogP) is 3.01. The predicted molar refractivity (Wildman–Crippen MR) is 83.1 cm³/mol. The summed E-state index contributed by atoms with van der Waals surface area (Å²) in [5, 5.41) is 15.3. The lowest BCUT2D eigenvalue weighted by atomic mass is 10.1. The molecule has 0 fully saturated rings. The molecule has 0 aliphatic carbocycles. The number of hydrogen-bond donors (Lipinski definition) is 3. The Kier molecular flexibility index (Phi) is 5.75. The third kappa shape index (κ3) is 4.72. The zero-order valence-corrected chi connectivity index (χ0v) is 12.5. The molecule has 2 amide bonds. The molecule has 0 aromatic heterocycles. The molecule has 4 nitrogen and oxygen atoms in total. The van der Waals surface area contributed by atoms with E-state index >= 15 is 0 Å². The number of halogens is 2. The molecule has 0 aliphatic heterocycles. The molecular weight excluding hydrogens is 307 g/mol. The fourth-order valence-electron chi connectivity index (χ4n) is 1.89. The highest BCUT2D eigenvalue weighted by molar-refractivity contribution is 6.30. The average molecular weight is 323 g/mol. The first-order valence-corrected chi connectivity index (χ1v) is 7.12. The first kappa shape index (κ1) is 16.3. The zero-order valence-electron chi connectivity index (χ0n) is 11.7. The molecule has 6 heteroatoms. The minimum absolute atomic E-state index is 0.0380.